The molecule has 6 heteroatoms. The summed E-state index contributed by atoms with van der Waals surface area (Å²) in [6.45, 7) is 0. The Labute approximate surface area is 83.1 Å². The quantitative estimate of drug-likeness (QED) is 0.339. The van der Waals surface area contributed by atoms with Gasteiger partial charge in [-0.1, -0.05) is 22.6 Å². The van der Waals surface area contributed by atoms with Crippen LogP contribution >= 0.6 is 22.6 Å². The molecule has 12 heavy (non-hydrogen) atoms. The lowest BCUT2D eigenvalue weighted by molar-refractivity contribution is -0.275. The van der Waals surface area contributed by atoms with Crippen molar-refractivity contribution in [1.29, 1.82) is 0 Å². The van der Waals surface area contributed by atoms with Crippen molar-refractivity contribution in [1.82, 2.24) is 0 Å². The number of aliphatic hydroxyl groups excluding tert-OH is 4. The average Bonchev–Trinajstić information content (AvgIpc) is 2.08. The van der Waals surface area contributed by atoms with E-state index in [-0.39, 0.29) is 0 Å². The monoisotopic (exact) mass is 290 g/mol. The first kappa shape index (κ1) is 10.6. The van der Waals surface area contributed by atoms with Crippen LogP contribution in [0.2, 0.25) is 0 Å². The molecule has 0 unspecified atom stereocenters. The first-order chi connectivity index (χ1) is 5.57. The van der Waals surface area contributed by atoms with Gasteiger partial charge < -0.3 is 25.2 Å². The lowest BCUT2D eigenvalue weighted by Gasteiger charge is -2.37. The highest BCUT2D eigenvalue weighted by molar-refractivity contribution is 14.1. The lowest BCUT2D eigenvalue weighted by atomic mass is 10.0. The van der Waals surface area contributed by atoms with Gasteiger partial charge in [-0.05, 0) is 0 Å². The highest BCUT2D eigenvalue weighted by atomic mass is 127. The van der Waals surface area contributed by atoms with E-state index in [0.29, 0.717) is 4.43 Å². The molecule has 1 rings (SSSR count). The van der Waals surface area contributed by atoms with Gasteiger partial charge in [0.1, 0.15) is 18.3 Å². The number of alkyl halides is 1. The number of hydrogen-bond donors (Lipinski definition) is 4. The number of aliphatic hydroxyl groups is 4. The van der Waals surface area contributed by atoms with Crippen molar-refractivity contribution in [2.24, 2.45) is 0 Å². The Kier molecular flexibility index (Phi) is 3.68. The number of ether oxygens (including phenoxy) is 1. The fourth-order valence-corrected chi connectivity index (χ4v) is 1.79. The van der Waals surface area contributed by atoms with Gasteiger partial charge in [0.25, 0.3) is 0 Å². The summed E-state index contributed by atoms with van der Waals surface area (Å²) in [4.78, 5) is 0. The first-order valence-electron chi connectivity index (χ1n) is 3.51. The van der Waals surface area contributed by atoms with Crippen LogP contribution in [0.3, 0.4) is 0 Å². The van der Waals surface area contributed by atoms with Crippen LogP contribution < -0.4 is 0 Å². The topological polar surface area (TPSA) is 90.2 Å². The predicted octanol–water partition coefficient (Wildman–Crippen LogP) is -1.78. The molecule has 1 aliphatic heterocycles. The van der Waals surface area contributed by atoms with Crippen molar-refractivity contribution in [3.8, 4) is 0 Å². The first-order valence-corrected chi connectivity index (χ1v) is 5.04. The van der Waals surface area contributed by atoms with Crippen LogP contribution in [0.1, 0.15) is 0 Å². The molecule has 0 aliphatic carbocycles. The SMILES string of the molecule is O[C@@H]1[C@@H](O)[C@@H](O)O[C@@H](CI)[C@H]1O. The molecule has 0 amide bonds. The molecule has 0 radical (unpaired) electrons. The van der Waals surface area contributed by atoms with Crippen molar-refractivity contribution in [2.75, 3.05) is 4.43 Å². The minimum atomic E-state index is -1.43. The number of halogens is 1. The van der Waals surface area contributed by atoms with E-state index in [1.165, 1.54) is 0 Å². The van der Waals surface area contributed by atoms with Crippen molar-refractivity contribution in [2.45, 2.75) is 30.7 Å². The van der Waals surface area contributed by atoms with E-state index in [9.17, 15) is 10.2 Å². The smallest absolute Gasteiger partial charge is 0.183 e. The summed E-state index contributed by atoms with van der Waals surface area (Å²) in [6, 6.07) is 0. The maximum atomic E-state index is 9.27. The Hall–Kier alpha value is 0.530. The van der Waals surface area contributed by atoms with E-state index < -0.39 is 30.7 Å². The molecule has 4 N–H and O–H groups in total. The highest BCUT2D eigenvalue weighted by Gasteiger charge is 2.42. The molecule has 0 aromatic heterocycles. The molecule has 72 valence electrons. The summed E-state index contributed by atoms with van der Waals surface area (Å²) in [5, 5.41) is 36.5. The molecule has 1 saturated heterocycles. The molecule has 5 nitrogen and oxygen atoms in total. The minimum absolute atomic E-state index is 0.444. The van der Waals surface area contributed by atoms with Gasteiger partial charge in [-0.15, -0.1) is 0 Å². The fourth-order valence-electron chi connectivity index (χ4n) is 1.06. The third-order valence-corrected chi connectivity index (χ3v) is 2.71. The molecule has 1 fully saturated rings. The second kappa shape index (κ2) is 4.16. The van der Waals surface area contributed by atoms with Crippen LogP contribution in [-0.4, -0.2) is 55.6 Å². The second-order valence-corrected chi connectivity index (χ2v) is 3.57. The number of rotatable bonds is 1. The molecule has 0 bridgehead atoms. The summed E-state index contributed by atoms with van der Waals surface area (Å²) < 4.78 is 5.26. The Bertz CT molecular complexity index is 150. The van der Waals surface area contributed by atoms with Gasteiger partial charge in [0.2, 0.25) is 0 Å². The average molecular weight is 290 g/mol. The predicted molar refractivity (Wildman–Crippen MR) is 47.8 cm³/mol. The minimum Gasteiger partial charge on any atom is -0.388 e. The van der Waals surface area contributed by atoms with Gasteiger partial charge in [-0.3, -0.25) is 0 Å². The summed E-state index contributed by atoms with van der Waals surface area (Å²) >= 11 is 1.96. The zero-order valence-corrected chi connectivity index (χ0v) is 8.33. The normalized spacial score (nSPS) is 49.2. The molecule has 0 aromatic rings. The second-order valence-electron chi connectivity index (χ2n) is 2.69. The summed E-state index contributed by atoms with van der Waals surface area (Å²) in [5.41, 5.74) is 0. The van der Waals surface area contributed by atoms with Gasteiger partial charge in [0.05, 0.1) is 6.10 Å². The molecule has 1 aliphatic rings. The van der Waals surface area contributed by atoms with Crippen molar-refractivity contribution >= 4 is 22.6 Å². The van der Waals surface area contributed by atoms with Crippen LogP contribution in [0.4, 0.5) is 0 Å². The maximum Gasteiger partial charge on any atom is 0.183 e. The van der Waals surface area contributed by atoms with E-state index in [1.54, 1.807) is 0 Å². The van der Waals surface area contributed by atoms with E-state index in [1.807, 2.05) is 22.6 Å². The lowest BCUT2D eigenvalue weighted by Crippen LogP contribution is -2.57. The van der Waals surface area contributed by atoms with E-state index in [4.69, 9.17) is 14.9 Å². The fraction of sp³-hybridized carbons (Fsp3) is 1.00. The highest BCUT2D eigenvalue weighted by Crippen LogP contribution is 2.20. The Balaban J connectivity index is 2.63. The molecule has 0 aromatic carbocycles. The summed E-state index contributed by atoms with van der Waals surface area (Å²) in [7, 11) is 0. The van der Waals surface area contributed by atoms with Gasteiger partial charge >= 0.3 is 0 Å². The van der Waals surface area contributed by atoms with E-state index in [0.717, 1.165) is 0 Å². The Morgan fingerprint density at radius 1 is 1.00 bits per heavy atom. The molecular weight excluding hydrogens is 279 g/mol. The Morgan fingerprint density at radius 2 is 1.58 bits per heavy atom. The molecule has 1 heterocycles. The standard InChI is InChI=1S/C6H11IO5/c7-1-2-3(8)4(9)5(10)6(11)12-2/h2-6,8-11H,1H2/t2-,3+,4-,5+,6-/m0/s1. The van der Waals surface area contributed by atoms with Gasteiger partial charge in [0, 0.05) is 4.43 Å². The van der Waals surface area contributed by atoms with Crippen LogP contribution in [-0.2, 0) is 4.74 Å². The maximum absolute atomic E-state index is 9.27. The van der Waals surface area contributed by atoms with Gasteiger partial charge in [-0.25, -0.2) is 0 Å². The van der Waals surface area contributed by atoms with E-state index in [2.05, 4.69) is 0 Å². The van der Waals surface area contributed by atoms with Crippen LogP contribution in [0, 0.1) is 0 Å². The molecule has 0 spiro atoms. The zero-order chi connectivity index (χ0) is 9.30. The van der Waals surface area contributed by atoms with Crippen molar-refractivity contribution in [3.63, 3.8) is 0 Å². The van der Waals surface area contributed by atoms with Gasteiger partial charge in [-0.2, -0.15) is 0 Å². The van der Waals surface area contributed by atoms with E-state index >= 15 is 0 Å². The summed E-state index contributed by atoms with van der Waals surface area (Å²) in [5.74, 6) is 0. The third-order valence-electron chi connectivity index (χ3n) is 1.84. The number of hydrogen-bond acceptors (Lipinski definition) is 5. The zero-order valence-electron chi connectivity index (χ0n) is 6.17. The largest absolute Gasteiger partial charge is 0.388 e. The van der Waals surface area contributed by atoms with Crippen molar-refractivity contribution in [3.05, 3.63) is 0 Å². The Morgan fingerprint density at radius 3 is 2.08 bits per heavy atom. The molecular formula is C6H11IO5. The summed E-state index contributed by atoms with van der Waals surface area (Å²) in [6.07, 6.45) is -5.95. The van der Waals surface area contributed by atoms with Crippen LogP contribution in [0.25, 0.3) is 0 Å². The molecule has 5 atom stereocenters. The van der Waals surface area contributed by atoms with Crippen molar-refractivity contribution < 1.29 is 25.2 Å². The molecule has 0 saturated carbocycles. The van der Waals surface area contributed by atoms with Crippen LogP contribution in [0.5, 0.6) is 0 Å². The third kappa shape index (κ3) is 1.88. The van der Waals surface area contributed by atoms with Crippen LogP contribution in [0.15, 0.2) is 0 Å². The van der Waals surface area contributed by atoms with Gasteiger partial charge in [0.15, 0.2) is 6.29 Å².